The first-order valence-electron chi connectivity index (χ1n) is 15.5. The molecule has 3 aromatic carbocycles. The Bertz CT molecular complexity index is 1590. The Kier molecular flexibility index (Phi) is 9.59. The van der Waals surface area contributed by atoms with Crippen LogP contribution in [0.4, 0.5) is 5.69 Å². The fraction of sp³-hybridized carbons (Fsp3) is 0.400. The summed E-state index contributed by atoms with van der Waals surface area (Å²) in [7, 11) is -1.38. The van der Waals surface area contributed by atoms with Gasteiger partial charge in [-0.15, -0.1) is 0 Å². The van der Waals surface area contributed by atoms with Crippen molar-refractivity contribution in [2.75, 3.05) is 57.6 Å². The summed E-state index contributed by atoms with van der Waals surface area (Å²) in [5, 5.41) is 2.98. The molecular formula is C35H41N3O5S. The zero-order chi connectivity index (χ0) is 30.5. The van der Waals surface area contributed by atoms with Gasteiger partial charge in [-0.1, -0.05) is 42.5 Å². The summed E-state index contributed by atoms with van der Waals surface area (Å²) in [5.74, 6) is -0.384. The fourth-order valence-corrected chi connectivity index (χ4v) is 7.65. The molecule has 44 heavy (non-hydrogen) atoms. The normalized spacial score (nSPS) is 19.2. The van der Waals surface area contributed by atoms with E-state index in [2.05, 4.69) is 46.4 Å². The number of anilines is 1. The molecule has 0 radical (unpaired) electrons. The maximum Gasteiger partial charge on any atom is 0.251 e. The van der Waals surface area contributed by atoms with Gasteiger partial charge in [0.25, 0.3) is 5.91 Å². The Balaban J connectivity index is 1.15. The molecule has 9 heteroatoms. The fourth-order valence-electron chi connectivity index (χ4n) is 6.19. The van der Waals surface area contributed by atoms with E-state index < -0.39 is 9.84 Å². The van der Waals surface area contributed by atoms with Crippen molar-refractivity contribution in [3.05, 3.63) is 89.0 Å². The number of amides is 1. The average Bonchev–Trinajstić information content (AvgIpc) is 3.18. The molecule has 232 valence electrons. The molecule has 0 atom stereocenters. The number of carbonyl (C=O) groups excluding carboxylic acids is 1. The molecule has 0 bridgehead atoms. The van der Waals surface area contributed by atoms with E-state index in [-0.39, 0.29) is 23.0 Å². The zero-order valence-corrected chi connectivity index (χ0v) is 26.2. The second-order valence-corrected chi connectivity index (χ2v) is 14.1. The lowest BCUT2D eigenvalue weighted by atomic mass is 10.00. The number of nitrogens with zero attached hydrogens (tertiary/aromatic N) is 2. The third kappa shape index (κ3) is 7.47. The van der Waals surface area contributed by atoms with Crippen LogP contribution in [-0.2, 0) is 37.2 Å². The summed E-state index contributed by atoms with van der Waals surface area (Å²) < 4.78 is 37.2. The van der Waals surface area contributed by atoms with Gasteiger partial charge >= 0.3 is 0 Å². The van der Waals surface area contributed by atoms with Crippen LogP contribution in [0, 0.1) is 0 Å². The molecule has 3 aliphatic rings. The lowest BCUT2D eigenvalue weighted by Crippen LogP contribution is -2.36. The van der Waals surface area contributed by atoms with Crippen LogP contribution < -0.4 is 5.32 Å². The van der Waals surface area contributed by atoms with E-state index in [1.807, 2.05) is 36.4 Å². The molecular weight excluding hydrogens is 574 g/mol. The van der Waals surface area contributed by atoms with E-state index in [1.165, 1.54) is 11.1 Å². The lowest BCUT2D eigenvalue weighted by Gasteiger charge is -2.31. The number of fused-ring (bicyclic) bond motifs is 1. The van der Waals surface area contributed by atoms with Crippen molar-refractivity contribution in [3.8, 4) is 11.1 Å². The topological polar surface area (TPSA) is 88.2 Å². The number of benzene rings is 3. The quantitative estimate of drug-likeness (QED) is 0.382. The Morgan fingerprint density at radius 1 is 0.886 bits per heavy atom. The molecule has 0 spiro atoms. The Morgan fingerprint density at radius 3 is 2.27 bits per heavy atom. The van der Waals surface area contributed by atoms with Crippen LogP contribution in [0.1, 0.15) is 36.0 Å². The van der Waals surface area contributed by atoms with Crippen molar-refractivity contribution >= 4 is 27.5 Å². The van der Waals surface area contributed by atoms with E-state index in [0.29, 0.717) is 22.9 Å². The maximum absolute atomic E-state index is 13.4. The van der Waals surface area contributed by atoms with Gasteiger partial charge in [0.2, 0.25) is 0 Å². The van der Waals surface area contributed by atoms with Gasteiger partial charge in [-0.3, -0.25) is 14.6 Å². The van der Waals surface area contributed by atoms with E-state index in [0.717, 1.165) is 76.6 Å². The SMILES string of the molecule is CN(Cc1ccc(NC(=O)C2=Cc3cc(-c4ccc(CN5CCOCC5)cc4)ccc3S(=O)(=O)CC2)cc1)C1CCOCC1. The van der Waals surface area contributed by atoms with Gasteiger partial charge in [0, 0.05) is 56.7 Å². The number of rotatable bonds is 8. The largest absolute Gasteiger partial charge is 0.381 e. The second-order valence-electron chi connectivity index (χ2n) is 12.0. The van der Waals surface area contributed by atoms with Crippen LogP contribution in [0.25, 0.3) is 17.2 Å². The molecule has 3 aliphatic heterocycles. The van der Waals surface area contributed by atoms with E-state index >= 15 is 0 Å². The third-order valence-electron chi connectivity index (χ3n) is 8.86. The number of sulfone groups is 1. The standard InChI is InChI=1S/C35H41N3O5S/c1-37(33-12-17-42-18-13-33)24-26-4-9-32(10-5-26)36-35(39)30-14-21-44(40,41)34-11-8-29(22-31(34)23-30)28-6-2-27(3-7-28)25-38-15-19-43-20-16-38/h2-11,22-23,33H,12-21,24-25H2,1H3,(H,36,39). The van der Waals surface area contributed by atoms with Gasteiger partial charge in [-0.05, 0) is 84.5 Å². The summed E-state index contributed by atoms with van der Waals surface area (Å²) in [6.07, 6.45) is 3.98. The molecule has 1 N–H and O–H groups in total. The van der Waals surface area contributed by atoms with E-state index in [1.54, 1.807) is 12.1 Å². The van der Waals surface area contributed by atoms with Crippen LogP contribution in [0.15, 0.2) is 77.2 Å². The number of ether oxygens (including phenoxy) is 2. The van der Waals surface area contributed by atoms with Crippen molar-refractivity contribution in [1.29, 1.82) is 0 Å². The Morgan fingerprint density at radius 2 is 1.55 bits per heavy atom. The van der Waals surface area contributed by atoms with Crippen molar-refractivity contribution in [3.63, 3.8) is 0 Å². The average molecular weight is 616 g/mol. The molecule has 1 amide bonds. The predicted octanol–water partition coefficient (Wildman–Crippen LogP) is 5.00. The highest BCUT2D eigenvalue weighted by atomic mass is 32.2. The molecule has 0 saturated carbocycles. The van der Waals surface area contributed by atoms with E-state index in [4.69, 9.17) is 9.47 Å². The minimum atomic E-state index is -3.53. The minimum absolute atomic E-state index is 0.105. The monoisotopic (exact) mass is 615 g/mol. The first kappa shape index (κ1) is 30.7. The van der Waals surface area contributed by atoms with Crippen LogP contribution in [0.5, 0.6) is 0 Å². The number of carbonyl (C=O) groups is 1. The van der Waals surface area contributed by atoms with Gasteiger partial charge in [0.05, 0.1) is 23.9 Å². The summed E-state index contributed by atoms with van der Waals surface area (Å²) in [4.78, 5) is 18.4. The highest BCUT2D eigenvalue weighted by Gasteiger charge is 2.25. The summed E-state index contributed by atoms with van der Waals surface area (Å²) in [6, 6.07) is 22.2. The molecule has 2 saturated heterocycles. The molecule has 8 nitrogen and oxygen atoms in total. The number of morpholine rings is 1. The molecule has 0 aliphatic carbocycles. The van der Waals surface area contributed by atoms with Crippen LogP contribution in [0.3, 0.4) is 0 Å². The zero-order valence-electron chi connectivity index (χ0n) is 25.3. The summed E-state index contributed by atoms with van der Waals surface area (Å²) in [6.45, 7) is 6.74. The number of hydrogen-bond acceptors (Lipinski definition) is 7. The highest BCUT2D eigenvalue weighted by Crippen LogP contribution is 2.31. The van der Waals surface area contributed by atoms with Crippen LogP contribution >= 0.6 is 0 Å². The second kappa shape index (κ2) is 13.7. The predicted molar refractivity (Wildman–Crippen MR) is 173 cm³/mol. The number of hydrogen-bond donors (Lipinski definition) is 1. The Labute approximate surface area is 260 Å². The van der Waals surface area contributed by atoms with E-state index in [9.17, 15) is 13.2 Å². The molecule has 2 fully saturated rings. The lowest BCUT2D eigenvalue weighted by molar-refractivity contribution is -0.112. The molecule has 3 aromatic rings. The minimum Gasteiger partial charge on any atom is -0.381 e. The third-order valence-corrected chi connectivity index (χ3v) is 10.6. The van der Waals surface area contributed by atoms with Crippen molar-refractivity contribution in [2.45, 2.75) is 43.3 Å². The molecule has 0 unspecified atom stereocenters. The smallest absolute Gasteiger partial charge is 0.251 e. The first-order chi connectivity index (χ1) is 21.3. The first-order valence-corrected chi connectivity index (χ1v) is 17.1. The van der Waals surface area contributed by atoms with Gasteiger partial charge < -0.3 is 14.8 Å². The molecule has 3 heterocycles. The number of nitrogens with one attached hydrogen (secondary N) is 1. The van der Waals surface area contributed by atoms with Gasteiger partial charge in [0.15, 0.2) is 9.84 Å². The summed E-state index contributed by atoms with van der Waals surface area (Å²) >= 11 is 0. The van der Waals surface area contributed by atoms with Crippen molar-refractivity contribution in [2.24, 2.45) is 0 Å². The summed E-state index contributed by atoms with van der Waals surface area (Å²) in [5.41, 5.74) is 6.01. The maximum atomic E-state index is 13.4. The van der Waals surface area contributed by atoms with Gasteiger partial charge in [-0.2, -0.15) is 0 Å². The van der Waals surface area contributed by atoms with Crippen molar-refractivity contribution < 1.29 is 22.7 Å². The van der Waals surface area contributed by atoms with Gasteiger partial charge in [-0.25, -0.2) is 8.42 Å². The van der Waals surface area contributed by atoms with Gasteiger partial charge in [0.1, 0.15) is 0 Å². The Hall–Kier alpha value is -3.34. The molecule has 6 rings (SSSR count). The van der Waals surface area contributed by atoms with Crippen LogP contribution in [-0.4, -0.2) is 82.5 Å². The molecule has 0 aromatic heterocycles. The van der Waals surface area contributed by atoms with Crippen molar-refractivity contribution in [1.82, 2.24) is 9.80 Å². The van der Waals surface area contributed by atoms with Crippen LogP contribution in [0.2, 0.25) is 0 Å². The highest BCUT2D eigenvalue weighted by molar-refractivity contribution is 7.91.